The molecule has 1 aliphatic rings. The summed E-state index contributed by atoms with van der Waals surface area (Å²) in [6.45, 7) is 4.10. The highest BCUT2D eigenvalue weighted by atomic mass is 16.3. The summed E-state index contributed by atoms with van der Waals surface area (Å²) in [7, 11) is 0. The van der Waals surface area contributed by atoms with Crippen LogP contribution in [0.4, 0.5) is 0 Å². The van der Waals surface area contributed by atoms with Crippen molar-refractivity contribution in [2.45, 2.75) is 32.8 Å². The Hall–Kier alpha value is -0.300. The zero-order chi connectivity index (χ0) is 6.15. The molecule has 0 aromatic heterocycles. The molecule has 0 unspecified atom stereocenters. The van der Waals surface area contributed by atoms with Gasteiger partial charge in [0.1, 0.15) is 0 Å². The lowest BCUT2D eigenvalue weighted by molar-refractivity contribution is 0.212. The topological polar surface area (TPSA) is 20.2 Å². The van der Waals surface area contributed by atoms with Gasteiger partial charge in [0.25, 0.3) is 0 Å². The van der Waals surface area contributed by atoms with Crippen molar-refractivity contribution in [3.63, 3.8) is 0 Å². The first kappa shape index (κ1) is 5.83. The molecule has 1 aliphatic carbocycles. The SMILES string of the molecule is CC1=C(C)[C@@H](O)CC1. The Morgan fingerprint density at radius 1 is 1.50 bits per heavy atom. The van der Waals surface area contributed by atoms with E-state index in [-0.39, 0.29) is 6.10 Å². The highest BCUT2D eigenvalue weighted by Gasteiger charge is 2.15. The molecule has 0 aliphatic heterocycles. The second-order valence-corrected chi connectivity index (χ2v) is 2.52. The molecule has 1 atom stereocenters. The van der Waals surface area contributed by atoms with E-state index < -0.39 is 0 Å². The maximum atomic E-state index is 9.11. The normalized spacial score (nSPS) is 29.6. The lowest BCUT2D eigenvalue weighted by atomic mass is 10.2. The van der Waals surface area contributed by atoms with Gasteiger partial charge >= 0.3 is 0 Å². The Labute approximate surface area is 50.0 Å². The van der Waals surface area contributed by atoms with E-state index in [0.29, 0.717) is 0 Å². The summed E-state index contributed by atoms with van der Waals surface area (Å²) in [5.74, 6) is 0. The van der Waals surface area contributed by atoms with E-state index in [1.165, 1.54) is 11.1 Å². The Balaban J connectivity index is 2.71. The molecule has 0 aromatic carbocycles. The maximum Gasteiger partial charge on any atom is 0.0753 e. The van der Waals surface area contributed by atoms with Crippen molar-refractivity contribution in [1.29, 1.82) is 0 Å². The molecular weight excluding hydrogens is 100 g/mol. The Bertz CT molecular complexity index is 124. The predicted octanol–water partition coefficient (Wildman–Crippen LogP) is 1.48. The Morgan fingerprint density at radius 2 is 2.12 bits per heavy atom. The van der Waals surface area contributed by atoms with Crippen molar-refractivity contribution in [2.75, 3.05) is 0 Å². The fourth-order valence-corrected chi connectivity index (χ4v) is 1.05. The third-order valence-corrected chi connectivity index (χ3v) is 1.97. The summed E-state index contributed by atoms with van der Waals surface area (Å²) in [6.07, 6.45) is 1.90. The molecule has 0 bridgehead atoms. The Kier molecular flexibility index (Phi) is 1.39. The van der Waals surface area contributed by atoms with Gasteiger partial charge in [-0.25, -0.2) is 0 Å². The largest absolute Gasteiger partial charge is 0.389 e. The number of hydrogen-bond donors (Lipinski definition) is 1. The van der Waals surface area contributed by atoms with Crippen molar-refractivity contribution in [3.05, 3.63) is 11.1 Å². The third kappa shape index (κ3) is 0.781. The smallest absolute Gasteiger partial charge is 0.0753 e. The van der Waals surface area contributed by atoms with Crippen LogP contribution in [0.5, 0.6) is 0 Å². The minimum Gasteiger partial charge on any atom is -0.389 e. The number of aliphatic hydroxyl groups excluding tert-OH is 1. The van der Waals surface area contributed by atoms with Crippen molar-refractivity contribution >= 4 is 0 Å². The maximum absolute atomic E-state index is 9.11. The molecule has 0 saturated carbocycles. The molecule has 1 heteroatoms. The fraction of sp³-hybridized carbons (Fsp3) is 0.714. The van der Waals surface area contributed by atoms with E-state index in [2.05, 4.69) is 6.92 Å². The quantitative estimate of drug-likeness (QED) is 0.470. The predicted molar refractivity (Wildman–Crippen MR) is 33.6 cm³/mol. The van der Waals surface area contributed by atoms with Gasteiger partial charge in [-0.1, -0.05) is 5.57 Å². The van der Waals surface area contributed by atoms with Gasteiger partial charge in [0.15, 0.2) is 0 Å². The first-order valence-electron chi connectivity index (χ1n) is 3.06. The number of aliphatic hydroxyl groups is 1. The van der Waals surface area contributed by atoms with Crippen LogP contribution < -0.4 is 0 Å². The lowest BCUT2D eigenvalue weighted by Gasteiger charge is -1.99. The standard InChI is InChI=1S/C7H12O/c1-5-3-4-7(8)6(5)2/h7-8H,3-4H2,1-2H3/t7-/m0/s1. The molecule has 8 heavy (non-hydrogen) atoms. The van der Waals surface area contributed by atoms with Crippen molar-refractivity contribution < 1.29 is 5.11 Å². The first-order valence-corrected chi connectivity index (χ1v) is 3.06. The summed E-state index contributed by atoms with van der Waals surface area (Å²) in [5, 5.41) is 9.11. The molecule has 0 spiro atoms. The molecule has 1 N–H and O–H groups in total. The highest BCUT2D eigenvalue weighted by Crippen LogP contribution is 2.24. The van der Waals surface area contributed by atoms with E-state index in [4.69, 9.17) is 5.11 Å². The first-order chi connectivity index (χ1) is 3.72. The van der Waals surface area contributed by atoms with Crippen LogP contribution in [0.1, 0.15) is 26.7 Å². The van der Waals surface area contributed by atoms with Crippen LogP contribution in [0.25, 0.3) is 0 Å². The van der Waals surface area contributed by atoms with Crippen LogP contribution in [-0.4, -0.2) is 11.2 Å². The molecule has 0 aromatic rings. The average molecular weight is 112 g/mol. The van der Waals surface area contributed by atoms with Gasteiger partial charge in [0, 0.05) is 0 Å². The van der Waals surface area contributed by atoms with E-state index in [9.17, 15) is 0 Å². The monoisotopic (exact) mass is 112 g/mol. The van der Waals surface area contributed by atoms with E-state index in [1.807, 2.05) is 6.92 Å². The fourth-order valence-electron chi connectivity index (χ4n) is 1.05. The van der Waals surface area contributed by atoms with Gasteiger partial charge in [-0.2, -0.15) is 0 Å². The third-order valence-electron chi connectivity index (χ3n) is 1.97. The summed E-state index contributed by atoms with van der Waals surface area (Å²) in [4.78, 5) is 0. The second-order valence-electron chi connectivity index (χ2n) is 2.52. The average Bonchev–Trinajstić information content (AvgIpc) is 1.98. The minimum absolute atomic E-state index is 0.130. The van der Waals surface area contributed by atoms with Gasteiger partial charge in [-0.05, 0) is 32.3 Å². The van der Waals surface area contributed by atoms with E-state index in [0.717, 1.165) is 12.8 Å². The Morgan fingerprint density at radius 3 is 2.25 bits per heavy atom. The van der Waals surface area contributed by atoms with E-state index >= 15 is 0 Å². The van der Waals surface area contributed by atoms with Crippen LogP contribution in [0.2, 0.25) is 0 Å². The molecule has 0 saturated heterocycles. The van der Waals surface area contributed by atoms with Crippen molar-refractivity contribution in [3.8, 4) is 0 Å². The van der Waals surface area contributed by atoms with Crippen LogP contribution in [0.15, 0.2) is 11.1 Å². The van der Waals surface area contributed by atoms with E-state index in [1.54, 1.807) is 0 Å². The summed E-state index contributed by atoms with van der Waals surface area (Å²) < 4.78 is 0. The second kappa shape index (κ2) is 1.90. The van der Waals surface area contributed by atoms with Gasteiger partial charge in [-0.3, -0.25) is 0 Å². The molecule has 1 nitrogen and oxygen atoms in total. The van der Waals surface area contributed by atoms with Gasteiger partial charge in [0.2, 0.25) is 0 Å². The minimum atomic E-state index is -0.130. The molecule has 0 amide bonds. The number of allylic oxidation sites excluding steroid dienone is 1. The summed E-state index contributed by atoms with van der Waals surface area (Å²) in [5.41, 5.74) is 2.56. The number of rotatable bonds is 0. The van der Waals surface area contributed by atoms with Crippen LogP contribution in [0, 0.1) is 0 Å². The van der Waals surface area contributed by atoms with Crippen molar-refractivity contribution in [1.82, 2.24) is 0 Å². The summed E-state index contributed by atoms with van der Waals surface area (Å²) in [6, 6.07) is 0. The van der Waals surface area contributed by atoms with Gasteiger partial charge in [0.05, 0.1) is 6.10 Å². The zero-order valence-corrected chi connectivity index (χ0v) is 5.44. The molecule has 0 radical (unpaired) electrons. The molecule has 46 valence electrons. The molecule has 0 heterocycles. The van der Waals surface area contributed by atoms with Crippen LogP contribution >= 0.6 is 0 Å². The van der Waals surface area contributed by atoms with Crippen LogP contribution in [0.3, 0.4) is 0 Å². The summed E-state index contributed by atoms with van der Waals surface area (Å²) >= 11 is 0. The van der Waals surface area contributed by atoms with Gasteiger partial charge in [-0.15, -0.1) is 0 Å². The lowest BCUT2D eigenvalue weighted by Crippen LogP contribution is -2.00. The zero-order valence-electron chi connectivity index (χ0n) is 5.44. The molecular formula is C7H12O. The van der Waals surface area contributed by atoms with Crippen molar-refractivity contribution in [2.24, 2.45) is 0 Å². The molecule has 0 fully saturated rings. The van der Waals surface area contributed by atoms with Gasteiger partial charge < -0.3 is 5.11 Å². The van der Waals surface area contributed by atoms with Crippen LogP contribution in [-0.2, 0) is 0 Å². The number of hydrogen-bond acceptors (Lipinski definition) is 1. The molecule has 1 rings (SSSR count). The highest BCUT2D eigenvalue weighted by molar-refractivity contribution is 5.19.